The molecule has 0 aliphatic heterocycles. The van der Waals surface area contributed by atoms with Crippen molar-refractivity contribution in [2.45, 2.75) is 25.2 Å². The van der Waals surface area contributed by atoms with Gasteiger partial charge in [0.1, 0.15) is 0 Å². The standard InChI is InChI=1S/C12H13NO2/c14-13(15)12-8-6-11(7-9-12)10-4-2-1-3-5-10/h2,4,6-10H,1,3,5H2. The Morgan fingerprint density at radius 1 is 1.27 bits per heavy atom. The van der Waals surface area contributed by atoms with Crippen LogP contribution in [-0.4, -0.2) is 4.92 Å². The number of nitro benzene ring substituents is 1. The second-order valence-electron chi connectivity index (χ2n) is 3.81. The third kappa shape index (κ3) is 2.24. The Morgan fingerprint density at radius 3 is 2.53 bits per heavy atom. The second-order valence-corrected chi connectivity index (χ2v) is 3.81. The van der Waals surface area contributed by atoms with Crippen LogP contribution in [0.25, 0.3) is 0 Å². The fourth-order valence-corrected chi connectivity index (χ4v) is 1.93. The highest BCUT2D eigenvalue weighted by Gasteiger charge is 2.12. The Bertz CT molecular complexity index is 381. The number of non-ortho nitro benzene ring substituents is 1. The van der Waals surface area contributed by atoms with Crippen molar-refractivity contribution in [1.29, 1.82) is 0 Å². The van der Waals surface area contributed by atoms with E-state index >= 15 is 0 Å². The molecule has 0 heterocycles. The van der Waals surface area contributed by atoms with Gasteiger partial charge in [0.05, 0.1) is 4.92 Å². The Balaban J connectivity index is 2.19. The summed E-state index contributed by atoms with van der Waals surface area (Å²) in [5.41, 5.74) is 1.34. The van der Waals surface area contributed by atoms with Crippen molar-refractivity contribution >= 4 is 5.69 Å². The number of nitro groups is 1. The zero-order valence-corrected chi connectivity index (χ0v) is 8.43. The zero-order valence-electron chi connectivity index (χ0n) is 8.43. The van der Waals surface area contributed by atoms with Crippen LogP contribution in [0.4, 0.5) is 5.69 Å². The molecule has 0 saturated carbocycles. The normalized spacial score (nSPS) is 20.1. The predicted molar refractivity (Wildman–Crippen MR) is 58.8 cm³/mol. The Hall–Kier alpha value is -1.64. The lowest BCUT2D eigenvalue weighted by atomic mass is 9.89. The molecule has 0 spiro atoms. The molecule has 1 aromatic carbocycles. The molecule has 1 aromatic rings. The van der Waals surface area contributed by atoms with E-state index in [-0.39, 0.29) is 10.6 Å². The van der Waals surface area contributed by atoms with Gasteiger partial charge in [0.25, 0.3) is 5.69 Å². The van der Waals surface area contributed by atoms with Crippen LogP contribution in [0, 0.1) is 10.1 Å². The molecule has 0 N–H and O–H groups in total. The first-order valence-electron chi connectivity index (χ1n) is 5.18. The van der Waals surface area contributed by atoms with E-state index < -0.39 is 0 Å². The van der Waals surface area contributed by atoms with Gasteiger partial charge >= 0.3 is 0 Å². The topological polar surface area (TPSA) is 43.1 Å². The molecule has 3 heteroatoms. The molecule has 0 saturated heterocycles. The minimum atomic E-state index is -0.361. The average Bonchev–Trinajstić information content (AvgIpc) is 2.30. The van der Waals surface area contributed by atoms with Gasteiger partial charge in [0.2, 0.25) is 0 Å². The van der Waals surface area contributed by atoms with E-state index in [2.05, 4.69) is 12.2 Å². The fourth-order valence-electron chi connectivity index (χ4n) is 1.93. The first-order valence-corrected chi connectivity index (χ1v) is 5.18. The summed E-state index contributed by atoms with van der Waals surface area (Å²) in [6.07, 6.45) is 7.90. The molecule has 1 aliphatic rings. The van der Waals surface area contributed by atoms with Gasteiger partial charge < -0.3 is 0 Å². The van der Waals surface area contributed by atoms with Crippen molar-refractivity contribution in [3.8, 4) is 0 Å². The van der Waals surface area contributed by atoms with E-state index in [1.165, 1.54) is 12.0 Å². The van der Waals surface area contributed by atoms with E-state index in [1.807, 2.05) is 12.1 Å². The van der Waals surface area contributed by atoms with Crippen molar-refractivity contribution in [2.24, 2.45) is 0 Å². The molecule has 2 rings (SSSR count). The van der Waals surface area contributed by atoms with Crippen LogP contribution in [-0.2, 0) is 0 Å². The molecular formula is C12H13NO2. The minimum absolute atomic E-state index is 0.165. The summed E-state index contributed by atoms with van der Waals surface area (Å²) in [6, 6.07) is 6.88. The lowest BCUT2D eigenvalue weighted by Crippen LogP contribution is -1.99. The van der Waals surface area contributed by atoms with Crippen molar-refractivity contribution in [1.82, 2.24) is 0 Å². The monoisotopic (exact) mass is 203 g/mol. The van der Waals surface area contributed by atoms with Gasteiger partial charge in [0, 0.05) is 18.1 Å². The maximum atomic E-state index is 10.5. The van der Waals surface area contributed by atoms with E-state index in [9.17, 15) is 10.1 Å². The molecular weight excluding hydrogens is 190 g/mol. The number of hydrogen-bond acceptors (Lipinski definition) is 2. The van der Waals surface area contributed by atoms with Crippen molar-refractivity contribution in [3.63, 3.8) is 0 Å². The van der Waals surface area contributed by atoms with Gasteiger partial charge in [-0.05, 0) is 24.8 Å². The van der Waals surface area contributed by atoms with Crippen LogP contribution in [0.15, 0.2) is 36.4 Å². The van der Waals surface area contributed by atoms with Crippen molar-refractivity contribution in [2.75, 3.05) is 0 Å². The summed E-state index contributed by atoms with van der Waals surface area (Å²) in [7, 11) is 0. The van der Waals surface area contributed by atoms with Crippen LogP contribution in [0.2, 0.25) is 0 Å². The molecule has 3 nitrogen and oxygen atoms in total. The van der Waals surface area contributed by atoms with E-state index in [4.69, 9.17) is 0 Å². The fraction of sp³-hybridized carbons (Fsp3) is 0.333. The molecule has 15 heavy (non-hydrogen) atoms. The molecule has 0 bridgehead atoms. The summed E-state index contributed by atoms with van der Waals surface area (Å²) in [5, 5.41) is 10.5. The van der Waals surface area contributed by atoms with Gasteiger partial charge in [0.15, 0.2) is 0 Å². The lowest BCUT2D eigenvalue weighted by molar-refractivity contribution is -0.384. The molecule has 1 unspecified atom stereocenters. The number of nitrogens with zero attached hydrogens (tertiary/aromatic N) is 1. The first-order chi connectivity index (χ1) is 7.27. The van der Waals surface area contributed by atoms with Crippen molar-refractivity contribution in [3.05, 3.63) is 52.1 Å². The van der Waals surface area contributed by atoms with Crippen LogP contribution in [0.3, 0.4) is 0 Å². The molecule has 78 valence electrons. The van der Waals surface area contributed by atoms with Gasteiger partial charge in [-0.1, -0.05) is 24.3 Å². The number of benzene rings is 1. The Kier molecular flexibility index (Phi) is 2.81. The highest BCUT2D eigenvalue weighted by Crippen LogP contribution is 2.28. The number of allylic oxidation sites excluding steroid dienone is 2. The van der Waals surface area contributed by atoms with Crippen LogP contribution in [0.1, 0.15) is 30.7 Å². The highest BCUT2D eigenvalue weighted by molar-refractivity contribution is 5.36. The van der Waals surface area contributed by atoms with Crippen LogP contribution in [0.5, 0.6) is 0 Å². The highest BCUT2D eigenvalue weighted by atomic mass is 16.6. The smallest absolute Gasteiger partial charge is 0.258 e. The molecule has 0 amide bonds. The average molecular weight is 203 g/mol. The summed E-state index contributed by atoms with van der Waals surface area (Å²) in [4.78, 5) is 10.1. The SMILES string of the molecule is O=[N+]([O-])c1ccc(C2C=CCCC2)cc1. The lowest BCUT2D eigenvalue weighted by Gasteiger charge is -2.16. The molecule has 1 atom stereocenters. The third-order valence-electron chi connectivity index (χ3n) is 2.79. The maximum absolute atomic E-state index is 10.5. The quantitative estimate of drug-likeness (QED) is 0.420. The summed E-state index contributed by atoms with van der Waals surface area (Å²) < 4.78 is 0. The number of rotatable bonds is 2. The summed E-state index contributed by atoms with van der Waals surface area (Å²) in [5.74, 6) is 0.444. The van der Waals surface area contributed by atoms with Gasteiger partial charge in [-0.2, -0.15) is 0 Å². The van der Waals surface area contributed by atoms with Gasteiger partial charge in [-0.3, -0.25) is 10.1 Å². The summed E-state index contributed by atoms with van der Waals surface area (Å²) in [6.45, 7) is 0. The zero-order chi connectivity index (χ0) is 10.7. The molecule has 0 aromatic heterocycles. The van der Waals surface area contributed by atoms with Gasteiger partial charge in [-0.25, -0.2) is 0 Å². The minimum Gasteiger partial charge on any atom is -0.258 e. The van der Waals surface area contributed by atoms with E-state index in [0.717, 1.165) is 12.8 Å². The predicted octanol–water partition coefficient (Wildman–Crippen LogP) is 3.42. The third-order valence-corrected chi connectivity index (χ3v) is 2.79. The Morgan fingerprint density at radius 2 is 2.00 bits per heavy atom. The molecule has 1 aliphatic carbocycles. The maximum Gasteiger partial charge on any atom is 0.269 e. The Labute approximate surface area is 88.6 Å². The molecule has 0 radical (unpaired) electrons. The van der Waals surface area contributed by atoms with E-state index in [0.29, 0.717) is 5.92 Å². The first kappa shape index (κ1) is 9.90. The largest absolute Gasteiger partial charge is 0.269 e. The van der Waals surface area contributed by atoms with Crippen LogP contribution < -0.4 is 0 Å². The summed E-state index contributed by atoms with van der Waals surface area (Å²) >= 11 is 0. The van der Waals surface area contributed by atoms with Crippen LogP contribution >= 0.6 is 0 Å². The second kappa shape index (κ2) is 4.26. The molecule has 0 fully saturated rings. The van der Waals surface area contributed by atoms with Crippen molar-refractivity contribution < 1.29 is 4.92 Å². The van der Waals surface area contributed by atoms with E-state index in [1.54, 1.807) is 12.1 Å². The number of hydrogen-bond donors (Lipinski definition) is 0. The van der Waals surface area contributed by atoms with Gasteiger partial charge in [-0.15, -0.1) is 0 Å².